The first-order valence-corrected chi connectivity index (χ1v) is 9.56. The molecule has 10 heteroatoms. The van der Waals surface area contributed by atoms with Gasteiger partial charge >= 0.3 is 6.09 Å². The Morgan fingerprint density at radius 2 is 1.66 bits per heavy atom. The number of halogens is 4. The lowest BCUT2D eigenvalue weighted by Crippen LogP contribution is -2.26. The zero-order chi connectivity index (χ0) is 21.5. The van der Waals surface area contributed by atoms with Gasteiger partial charge in [0.15, 0.2) is 5.78 Å². The molecule has 2 aromatic carbocycles. The molecule has 29 heavy (non-hydrogen) atoms. The van der Waals surface area contributed by atoms with Crippen molar-refractivity contribution in [2.45, 2.75) is 6.92 Å². The van der Waals surface area contributed by atoms with Gasteiger partial charge in [0, 0.05) is 5.02 Å². The number of carbonyl (C=O) groups excluding carboxylic acids is 2. The Hall–Kier alpha value is -2.25. The van der Waals surface area contributed by atoms with Crippen molar-refractivity contribution in [2.75, 3.05) is 12.4 Å². The average molecular weight is 474 g/mol. The number of carbonyl (C=O) groups is 2. The lowest BCUT2D eigenvalue weighted by molar-refractivity contribution is 0.101. The van der Waals surface area contributed by atoms with Crippen molar-refractivity contribution in [1.29, 1.82) is 0 Å². The number of hydrogen-bond acceptors (Lipinski definition) is 5. The summed E-state index contributed by atoms with van der Waals surface area (Å²) >= 11 is 24.6. The Labute approximate surface area is 184 Å². The van der Waals surface area contributed by atoms with Crippen LogP contribution in [0.25, 0.3) is 10.9 Å². The molecule has 6 nitrogen and oxygen atoms in total. The van der Waals surface area contributed by atoms with Gasteiger partial charge in [0.05, 0.1) is 38.8 Å². The lowest BCUT2D eigenvalue weighted by Gasteiger charge is -2.20. The second-order valence-electron chi connectivity index (χ2n) is 5.92. The summed E-state index contributed by atoms with van der Waals surface area (Å²) in [6.07, 6.45) is -0.894. The molecule has 0 spiro atoms. The van der Waals surface area contributed by atoms with Crippen LogP contribution in [-0.4, -0.2) is 23.6 Å². The van der Waals surface area contributed by atoms with E-state index in [1.165, 1.54) is 31.2 Å². The highest BCUT2D eigenvalue weighted by atomic mass is 35.5. The summed E-state index contributed by atoms with van der Waals surface area (Å²) < 4.78 is 5.84. The standard InChI is InChI=1S/C19H12Cl4N2O4/c1-8(26)14-17(27)15-10(21)4-5-11(22)16(15)25(19(28)29-2)18(14)24-13-6-3-9(20)7-12(13)23/h3-7,24H,1-2H3. The van der Waals surface area contributed by atoms with Crippen molar-refractivity contribution >= 4 is 80.7 Å². The summed E-state index contributed by atoms with van der Waals surface area (Å²) in [4.78, 5) is 38.2. The van der Waals surface area contributed by atoms with Crippen LogP contribution in [0.1, 0.15) is 17.3 Å². The van der Waals surface area contributed by atoms with Gasteiger partial charge in [-0.15, -0.1) is 0 Å². The highest BCUT2D eigenvalue weighted by Crippen LogP contribution is 2.35. The number of ketones is 1. The molecule has 1 N–H and O–H groups in total. The molecule has 3 aromatic rings. The van der Waals surface area contributed by atoms with Crippen LogP contribution in [0.3, 0.4) is 0 Å². The molecule has 0 aliphatic heterocycles. The molecule has 0 amide bonds. The van der Waals surface area contributed by atoms with Gasteiger partial charge in [-0.25, -0.2) is 9.36 Å². The molecule has 1 aromatic heterocycles. The third-order valence-electron chi connectivity index (χ3n) is 4.11. The monoisotopic (exact) mass is 472 g/mol. The second kappa shape index (κ2) is 8.24. The predicted octanol–water partition coefficient (Wildman–Crippen LogP) is 6.18. The summed E-state index contributed by atoms with van der Waals surface area (Å²) in [6.45, 7) is 1.19. The Kier molecular flexibility index (Phi) is 6.10. The molecular formula is C19H12Cl4N2O4. The zero-order valence-corrected chi connectivity index (χ0v) is 18.0. The SMILES string of the molecule is COC(=O)n1c(Nc2ccc(Cl)cc2Cl)c(C(C)=O)c(=O)c2c(Cl)ccc(Cl)c21. The molecule has 0 aliphatic rings. The summed E-state index contributed by atoms with van der Waals surface area (Å²) in [7, 11) is 1.15. The molecule has 0 atom stereocenters. The maximum absolute atomic E-state index is 13.1. The number of aromatic nitrogens is 1. The van der Waals surface area contributed by atoms with Crippen molar-refractivity contribution in [3.8, 4) is 0 Å². The van der Waals surface area contributed by atoms with Crippen molar-refractivity contribution < 1.29 is 14.3 Å². The number of nitrogens with one attached hydrogen (secondary N) is 1. The van der Waals surface area contributed by atoms with Crippen molar-refractivity contribution in [2.24, 2.45) is 0 Å². The fourth-order valence-electron chi connectivity index (χ4n) is 2.87. The van der Waals surface area contributed by atoms with E-state index in [2.05, 4.69) is 5.32 Å². The molecule has 0 radical (unpaired) electrons. The van der Waals surface area contributed by atoms with E-state index in [0.29, 0.717) is 10.7 Å². The highest BCUT2D eigenvalue weighted by Gasteiger charge is 2.27. The number of rotatable bonds is 3. The Balaban J connectivity index is 2.51. The van der Waals surface area contributed by atoms with Crippen molar-refractivity contribution in [3.05, 3.63) is 66.2 Å². The van der Waals surface area contributed by atoms with Gasteiger partial charge < -0.3 is 10.1 Å². The topological polar surface area (TPSA) is 77.4 Å². The Morgan fingerprint density at radius 3 is 2.24 bits per heavy atom. The number of pyridine rings is 1. The third kappa shape index (κ3) is 3.81. The number of anilines is 2. The average Bonchev–Trinajstić information content (AvgIpc) is 2.65. The quantitative estimate of drug-likeness (QED) is 0.460. The summed E-state index contributed by atoms with van der Waals surface area (Å²) in [5, 5.41) is 3.46. The molecule has 0 saturated heterocycles. The number of methoxy groups -OCH3 is 1. The minimum Gasteiger partial charge on any atom is -0.452 e. The van der Waals surface area contributed by atoms with Gasteiger partial charge in [0.2, 0.25) is 5.43 Å². The van der Waals surface area contributed by atoms with E-state index < -0.39 is 17.3 Å². The van der Waals surface area contributed by atoms with E-state index >= 15 is 0 Å². The molecule has 0 aliphatic carbocycles. The summed E-state index contributed by atoms with van der Waals surface area (Å²) in [5.74, 6) is -0.756. The zero-order valence-electron chi connectivity index (χ0n) is 15.0. The second-order valence-corrected chi connectivity index (χ2v) is 7.57. The van der Waals surface area contributed by atoms with Crippen LogP contribution in [0.5, 0.6) is 0 Å². The number of benzene rings is 2. The maximum atomic E-state index is 13.1. The maximum Gasteiger partial charge on any atom is 0.419 e. The third-order valence-corrected chi connectivity index (χ3v) is 5.28. The minimum absolute atomic E-state index is 0.00592. The molecular weight excluding hydrogens is 462 g/mol. The van der Waals surface area contributed by atoms with Gasteiger partial charge in [-0.05, 0) is 37.3 Å². The fourth-order valence-corrected chi connectivity index (χ4v) is 3.81. The van der Waals surface area contributed by atoms with Crippen LogP contribution >= 0.6 is 46.4 Å². The lowest BCUT2D eigenvalue weighted by atomic mass is 10.1. The first kappa shape index (κ1) is 21.5. The Bertz CT molecular complexity index is 1240. The van der Waals surface area contributed by atoms with Gasteiger partial charge in [-0.2, -0.15) is 0 Å². The molecule has 0 bridgehead atoms. The number of nitrogens with zero attached hydrogens (tertiary/aromatic N) is 1. The van der Waals surface area contributed by atoms with Crippen LogP contribution in [0.2, 0.25) is 20.1 Å². The smallest absolute Gasteiger partial charge is 0.419 e. The van der Waals surface area contributed by atoms with E-state index in [-0.39, 0.29) is 37.4 Å². The van der Waals surface area contributed by atoms with E-state index in [4.69, 9.17) is 51.1 Å². The Morgan fingerprint density at radius 1 is 1.00 bits per heavy atom. The number of ether oxygens (including phenoxy) is 1. The van der Waals surface area contributed by atoms with Crippen LogP contribution in [0, 0.1) is 0 Å². The van der Waals surface area contributed by atoms with E-state index in [1.54, 1.807) is 6.07 Å². The van der Waals surface area contributed by atoms with E-state index in [1.807, 2.05) is 0 Å². The predicted molar refractivity (Wildman–Crippen MR) is 116 cm³/mol. The van der Waals surface area contributed by atoms with Gasteiger partial charge in [-0.1, -0.05) is 46.4 Å². The number of hydrogen-bond donors (Lipinski definition) is 1. The molecule has 150 valence electrons. The van der Waals surface area contributed by atoms with Crippen LogP contribution < -0.4 is 10.7 Å². The van der Waals surface area contributed by atoms with Crippen LogP contribution in [0.15, 0.2) is 35.1 Å². The number of fused-ring (bicyclic) bond motifs is 1. The van der Waals surface area contributed by atoms with Crippen LogP contribution in [0.4, 0.5) is 16.3 Å². The molecule has 0 fully saturated rings. The highest BCUT2D eigenvalue weighted by molar-refractivity contribution is 6.40. The summed E-state index contributed by atoms with van der Waals surface area (Å²) in [5.41, 5.74) is -0.701. The normalized spacial score (nSPS) is 10.8. The van der Waals surface area contributed by atoms with E-state index in [9.17, 15) is 14.4 Å². The fraction of sp³-hybridized carbons (Fsp3) is 0.105. The van der Waals surface area contributed by atoms with Crippen LogP contribution in [-0.2, 0) is 4.74 Å². The summed E-state index contributed by atoms with van der Waals surface area (Å²) in [6, 6.07) is 7.38. The minimum atomic E-state index is -0.894. The van der Waals surface area contributed by atoms with Crippen molar-refractivity contribution in [3.63, 3.8) is 0 Å². The first-order valence-electron chi connectivity index (χ1n) is 8.05. The van der Waals surface area contributed by atoms with E-state index in [0.717, 1.165) is 11.7 Å². The first-order chi connectivity index (χ1) is 13.7. The molecule has 0 unspecified atom stereocenters. The van der Waals surface area contributed by atoms with Gasteiger partial charge in [0.1, 0.15) is 11.4 Å². The molecule has 3 rings (SSSR count). The largest absolute Gasteiger partial charge is 0.452 e. The molecule has 1 heterocycles. The van der Waals surface area contributed by atoms with Gasteiger partial charge in [-0.3, -0.25) is 9.59 Å². The van der Waals surface area contributed by atoms with Gasteiger partial charge in [0.25, 0.3) is 0 Å². The number of Topliss-reactive ketones (excluding diaryl/α,β-unsaturated/α-hetero) is 1. The molecule has 0 saturated carbocycles. The van der Waals surface area contributed by atoms with Crippen molar-refractivity contribution in [1.82, 2.24) is 4.57 Å².